The molecule has 114 valence electrons. The van der Waals surface area contributed by atoms with Crippen molar-refractivity contribution in [2.45, 2.75) is 19.9 Å². The molecule has 0 aliphatic heterocycles. The van der Waals surface area contributed by atoms with Crippen LogP contribution in [-0.2, 0) is 0 Å². The average molecular weight is 288 g/mol. The van der Waals surface area contributed by atoms with Crippen LogP contribution in [0.15, 0.2) is 24.3 Å². The first-order valence-corrected chi connectivity index (χ1v) is 7.15. The average Bonchev–Trinajstić information content (AvgIpc) is 2.45. The molecule has 0 aliphatic carbocycles. The van der Waals surface area contributed by atoms with Gasteiger partial charge in [0, 0.05) is 24.7 Å². The van der Waals surface area contributed by atoms with Gasteiger partial charge in [0.1, 0.15) is 6.61 Å². The van der Waals surface area contributed by atoms with E-state index >= 15 is 0 Å². The molecule has 1 N–H and O–H groups in total. The van der Waals surface area contributed by atoms with Gasteiger partial charge in [0.25, 0.3) is 5.91 Å². The van der Waals surface area contributed by atoms with Crippen LogP contribution in [0, 0.1) is 11.8 Å². The molecule has 0 bridgehead atoms. The maximum Gasteiger partial charge on any atom is 0.255 e. The van der Waals surface area contributed by atoms with Crippen molar-refractivity contribution < 1.29 is 9.90 Å². The van der Waals surface area contributed by atoms with Gasteiger partial charge in [-0.2, -0.15) is 0 Å². The summed E-state index contributed by atoms with van der Waals surface area (Å²) in [6, 6.07) is 7.39. The van der Waals surface area contributed by atoms with Crippen molar-refractivity contribution in [2.75, 3.05) is 33.8 Å². The van der Waals surface area contributed by atoms with Gasteiger partial charge in [0.2, 0.25) is 0 Å². The minimum atomic E-state index is -0.211. The van der Waals surface area contributed by atoms with Crippen LogP contribution in [0.1, 0.15) is 29.8 Å². The quantitative estimate of drug-likeness (QED) is 0.834. The number of nitrogens with zero attached hydrogens (tertiary/aromatic N) is 2. The lowest BCUT2D eigenvalue weighted by molar-refractivity contribution is 0.0679. The molecule has 4 nitrogen and oxygen atoms in total. The summed E-state index contributed by atoms with van der Waals surface area (Å²) in [6.07, 6.45) is 0. The Kier molecular flexibility index (Phi) is 6.93. The molecule has 0 heterocycles. The van der Waals surface area contributed by atoms with Gasteiger partial charge in [-0.25, -0.2) is 0 Å². The van der Waals surface area contributed by atoms with E-state index in [1.54, 1.807) is 12.1 Å². The first kappa shape index (κ1) is 17.2. The highest BCUT2D eigenvalue weighted by molar-refractivity contribution is 5.97. The predicted molar refractivity (Wildman–Crippen MR) is 85.1 cm³/mol. The summed E-state index contributed by atoms with van der Waals surface area (Å²) in [6.45, 7) is 5.27. The molecule has 0 aliphatic rings. The van der Waals surface area contributed by atoms with E-state index in [1.807, 2.05) is 45.0 Å². The highest BCUT2D eigenvalue weighted by Crippen LogP contribution is 2.13. The van der Waals surface area contributed by atoms with Crippen LogP contribution in [0.5, 0.6) is 0 Å². The molecule has 21 heavy (non-hydrogen) atoms. The Bertz CT molecular complexity index is 529. The molecule has 4 heteroatoms. The summed E-state index contributed by atoms with van der Waals surface area (Å²) >= 11 is 0. The molecule has 0 fully saturated rings. The summed E-state index contributed by atoms with van der Waals surface area (Å²) in [5.74, 6) is 5.43. The molecule has 1 rings (SSSR count). The van der Waals surface area contributed by atoms with E-state index in [9.17, 15) is 4.79 Å². The number of rotatable bonds is 5. The molecule has 0 radical (unpaired) electrons. The molecule has 0 aromatic heterocycles. The predicted octanol–water partition coefficient (Wildman–Crippen LogP) is 1.44. The number of likely N-dealkylation sites (N-methyl/N-ethyl adjacent to an activating group) is 2. The first-order chi connectivity index (χ1) is 10.0. The van der Waals surface area contributed by atoms with Crippen molar-refractivity contribution in [2.24, 2.45) is 0 Å². The summed E-state index contributed by atoms with van der Waals surface area (Å²) in [4.78, 5) is 16.7. The second kappa shape index (κ2) is 8.46. The molecule has 1 amide bonds. The van der Waals surface area contributed by atoms with Crippen LogP contribution in [0.3, 0.4) is 0 Å². The Labute approximate surface area is 127 Å². The number of aliphatic hydroxyl groups is 1. The van der Waals surface area contributed by atoms with Gasteiger partial charge in [-0.05, 0) is 40.1 Å². The lowest BCUT2D eigenvalue weighted by Gasteiger charge is -2.30. The number of benzene rings is 1. The van der Waals surface area contributed by atoms with E-state index in [4.69, 9.17) is 5.11 Å². The van der Waals surface area contributed by atoms with Crippen molar-refractivity contribution in [3.05, 3.63) is 35.4 Å². The van der Waals surface area contributed by atoms with Crippen LogP contribution >= 0.6 is 0 Å². The number of aliphatic hydroxyl groups excluding tert-OH is 1. The Balaban J connectivity index is 3.05. The lowest BCUT2D eigenvalue weighted by atomic mass is 10.1. The number of hydrogen-bond donors (Lipinski definition) is 1. The Morgan fingerprint density at radius 1 is 1.33 bits per heavy atom. The zero-order valence-corrected chi connectivity index (χ0v) is 13.3. The number of hydrogen-bond acceptors (Lipinski definition) is 3. The molecule has 1 unspecified atom stereocenters. The monoisotopic (exact) mass is 288 g/mol. The smallest absolute Gasteiger partial charge is 0.255 e. The van der Waals surface area contributed by atoms with Crippen LogP contribution in [0.2, 0.25) is 0 Å². The molecule has 1 aromatic carbocycles. The fraction of sp³-hybridized carbons (Fsp3) is 0.471. The van der Waals surface area contributed by atoms with Gasteiger partial charge < -0.3 is 14.9 Å². The van der Waals surface area contributed by atoms with Gasteiger partial charge in [0.15, 0.2) is 0 Å². The van der Waals surface area contributed by atoms with Crippen molar-refractivity contribution in [3.8, 4) is 11.8 Å². The van der Waals surface area contributed by atoms with Gasteiger partial charge in [-0.1, -0.05) is 24.0 Å². The SMILES string of the molecule is CCN(C(=O)c1ccccc1C#CCO)C(C)CN(C)C. The van der Waals surface area contributed by atoms with Crippen molar-refractivity contribution in [3.63, 3.8) is 0 Å². The Morgan fingerprint density at radius 3 is 2.57 bits per heavy atom. The molecule has 0 saturated carbocycles. The fourth-order valence-corrected chi connectivity index (χ4v) is 2.35. The van der Waals surface area contributed by atoms with E-state index in [-0.39, 0.29) is 18.6 Å². The van der Waals surface area contributed by atoms with E-state index in [2.05, 4.69) is 16.7 Å². The highest BCUT2D eigenvalue weighted by atomic mass is 16.2. The minimum absolute atomic E-state index is 0.0188. The van der Waals surface area contributed by atoms with Crippen molar-refractivity contribution in [1.82, 2.24) is 9.80 Å². The Morgan fingerprint density at radius 2 is 2.00 bits per heavy atom. The van der Waals surface area contributed by atoms with E-state index in [0.717, 1.165) is 6.54 Å². The zero-order valence-electron chi connectivity index (χ0n) is 13.3. The molecule has 1 aromatic rings. The van der Waals surface area contributed by atoms with Gasteiger partial charge >= 0.3 is 0 Å². The zero-order chi connectivity index (χ0) is 15.8. The summed E-state index contributed by atoms with van der Waals surface area (Å²) in [5, 5.41) is 8.83. The lowest BCUT2D eigenvalue weighted by Crippen LogP contribution is -2.43. The van der Waals surface area contributed by atoms with Crippen LogP contribution < -0.4 is 0 Å². The van der Waals surface area contributed by atoms with Gasteiger partial charge in [-0.3, -0.25) is 4.79 Å². The van der Waals surface area contributed by atoms with Crippen molar-refractivity contribution >= 4 is 5.91 Å². The molecule has 0 saturated heterocycles. The van der Waals surface area contributed by atoms with E-state index in [0.29, 0.717) is 17.7 Å². The Hall–Kier alpha value is -1.83. The first-order valence-electron chi connectivity index (χ1n) is 7.15. The third-order valence-electron chi connectivity index (χ3n) is 3.22. The topological polar surface area (TPSA) is 43.8 Å². The minimum Gasteiger partial charge on any atom is -0.384 e. The van der Waals surface area contributed by atoms with Crippen LogP contribution in [-0.4, -0.2) is 60.6 Å². The second-order valence-electron chi connectivity index (χ2n) is 5.21. The van der Waals surface area contributed by atoms with Gasteiger partial charge in [-0.15, -0.1) is 0 Å². The normalized spacial score (nSPS) is 11.7. The maximum atomic E-state index is 12.8. The fourth-order valence-electron chi connectivity index (χ4n) is 2.35. The maximum absolute atomic E-state index is 12.8. The number of amides is 1. The molecule has 1 atom stereocenters. The van der Waals surface area contributed by atoms with Crippen LogP contribution in [0.25, 0.3) is 0 Å². The molecular weight excluding hydrogens is 264 g/mol. The standard InChI is InChI=1S/C17H24N2O2/c1-5-19(14(2)13-18(3)4)17(21)16-11-7-6-9-15(16)10-8-12-20/h6-7,9,11,14,20H,5,12-13H2,1-4H3. The highest BCUT2D eigenvalue weighted by Gasteiger charge is 2.21. The van der Waals surface area contributed by atoms with Crippen LogP contribution in [0.4, 0.5) is 0 Å². The van der Waals surface area contributed by atoms with Crippen molar-refractivity contribution in [1.29, 1.82) is 0 Å². The largest absolute Gasteiger partial charge is 0.384 e. The summed E-state index contributed by atoms with van der Waals surface area (Å²) < 4.78 is 0. The molecular formula is C17H24N2O2. The molecule has 0 spiro atoms. The van der Waals surface area contributed by atoms with E-state index < -0.39 is 0 Å². The number of carbonyl (C=O) groups excluding carboxylic acids is 1. The van der Waals surface area contributed by atoms with Gasteiger partial charge in [0.05, 0.1) is 5.56 Å². The third-order valence-corrected chi connectivity index (χ3v) is 3.22. The number of carbonyl (C=O) groups is 1. The summed E-state index contributed by atoms with van der Waals surface area (Å²) in [7, 11) is 3.99. The van der Waals surface area contributed by atoms with E-state index in [1.165, 1.54) is 0 Å². The summed E-state index contributed by atoms with van der Waals surface area (Å²) in [5.41, 5.74) is 1.25. The third kappa shape index (κ3) is 4.89. The second-order valence-corrected chi connectivity index (χ2v) is 5.21.